The molecular weight excluding hydrogens is 370 g/mol. The number of primary amides is 2. The molecule has 0 unspecified atom stereocenters. The number of hydrogen-bond donors (Lipinski definition) is 3. The summed E-state index contributed by atoms with van der Waals surface area (Å²) in [7, 11) is 1.49. The summed E-state index contributed by atoms with van der Waals surface area (Å²) in [5.41, 5.74) is 13.1. The van der Waals surface area contributed by atoms with E-state index in [4.69, 9.17) is 20.9 Å². The van der Waals surface area contributed by atoms with Gasteiger partial charge in [0.2, 0.25) is 5.91 Å². The van der Waals surface area contributed by atoms with Crippen LogP contribution in [0.3, 0.4) is 0 Å². The second-order valence-electron chi connectivity index (χ2n) is 6.57. The molecule has 146 valence electrons. The number of nitrogens with two attached hydrogens (primary N) is 2. The van der Waals surface area contributed by atoms with Gasteiger partial charge in [-0.2, -0.15) is 0 Å². The highest BCUT2D eigenvalue weighted by molar-refractivity contribution is 6.06. The number of fused-ring (bicyclic) bond motifs is 2. The highest BCUT2D eigenvalue weighted by atomic mass is 16.5. The zero-order valence-electron chi connectivity index (χ0n) is 15.7. The first-order chi connectivity index (χ1) is 14.0. The van der Waals surface area contributed by atoms with Gasteiger partial charge in [0.1, 0.15) is 17.3 Å². The van der Waals surface area contributed by atoms with Crippen molar-refractivity contribution in [2.45, 2.75) is 0 Å². The molecule has 0 saturated carbocycles. The SMILES string of the molecule is COc1cc2c(cc1C(N)=O)C(Oc1ccc3c(C(N)=O)cccc3c1)=CCN2. The molecule has 0 radical (unpaired) electrons. The summed E-state index contributed by atoms with van der Waals surface area (Å²) in [5, 5.41) is 4.82. The third-order valence-electron chi connectivity index (χ3n) is 4.80. The maximum Gasteiger partial charge on any atom is 0.252 e. The molecule has 0 aromatic heterocycles. The Bertz CT molecular complexity index is 1180. The van der Waals surface area contributed by atoms with Crippen molar-refractivity contribution in [3.8, 4) is 11.5 Å². The minimum Gasteiger partial charge on any atom is -0.496 e. The van der Waals surface area contributed by atoms with Crippen molar-refractivity contribution in [1.29, 1.82) is 0 Å². The molecule has 0 atom stereocenters. The predicted octanol–water partition coefficient (Wildman–Crippen LogP) is 2.89. The summed E-state index contributed by atoms with van der Waals surface area (Å²) in [6, 6.07) is 14.1. The molecule has 7 nitrogen and oxygen atoms in total. The van der Waals surface area contributed by atoms with Gasteiger partial charge < -0.3 is 26.3 Å². The third kappa shape index (κ3) is 3.34. The van der Waals surface area contributed by atoms with Gasteiger partial charge in [-0.05, 0) is 47.2 Å². The Labute approximate surface area is 166 Å². The number of carbonyl (C=O) groups excluding carboxylic acids is 2. The topological polar surface area (TPSA) is 117 Å². The lowest BCUT2D eigenvalue weighted by Gasteiger charge is -2.22. The summed E-state index contributed by atoms with van der Waals surface area (Å²) in [5.74, 6) is 0.519. The van der Waals surface area contributed by atoms with Gasteiger partial charge in [0, 0.05) is 29.4 Å². The van der Waals surface area contributed by atoms with Gasteiger partial charge in [0.05, 0.1) is 12.7 Å². The van der Waals surface area contributed by atoms with Crippen LogP contribution in [0.15, 0.2) is 54.6 Å². The standard InChI is InChI=1S/C22H19N3O4/c1-28-20-11-18-16(10-17(20)22(24)27)19(7-8-25-18)29-13-5-6-14-12(9-13)3-2-4-15(14)21(23)26/h2-7,9-11,25H,8H2,1H3,(H2,23,26)(H2,24,27). The second-order valence-corrected chi connectivity index (χ2v) is 6.57. The Kier molecular flexibility index (Phi) is 4.56. The Hall–Kier alpha value is -4.00. The molecule has 0 saturated heterocycles. The number of ether oxygens (including phenoxy) is 2. The van der Waals surface area contributed by atoms with E-state index in [1.54, 1.807) is 36.4 Å². The van der Waals surface area contributed by atoms with Crippen molar-refractivity contribution in [1.82, 2.24) is 0 Å². The normalized spacial score (nSPS) is 12.5. The molecule has 1 heterocycles. The van der Waals surface area contributed by atoms with Crippen molar-refractivity contribution in [2.75, 3.05) is 19.0 Å². The van der Waals surface area contributed by atoms with Crippen LogP contribution in [0.4, 0.5) is 5.69 Å². The summed E-state index contributed by atoms with van der Waals surface area (Å²) in [6.45, 7) is 0.556. The molecule has 0 aliphatic carbocycles. The number of anilines is 1. The third-order valence-corrected chi connectivity index (χ3v) is 4.80. The highest BCUT2D eigenvalue weighted by Crippen LogP contribution is 2.35. The Balaban J connectivity index is 1.73. The summed E-state index contributed by atoms with van der Waals surface area (Å²) in [6.07, 6.45) is 1.88. The number of rotatable bonds is 5. The molecule has 0 fully saturated rings. The zero-order chi connectivity index (χ0) is 20.5. The van der Waals surface area contributed by atoms with E-state index in [1.165, 1.54) is 7.11 Å². The molecule has 3 aromatic carbocycles. The van der Waals surface area contributed by atoms with Crippen LogP contribution in [0.5, 0.6) is 11.5 Å². The molecule has 2 amide bonds. The average Bonchev–Trinajstić information content (AvgIpc) is 2.72. The van der Waals surface area contributed by atoms with Gasteiger partial charge in [-0.3, -0.25) is 9.59 Å². The van der Waals surface area contributed by atoms with Crippen molar-refractivity contribution >= 4 is 34.0 Å². The number of nitrogens with one attached hydrogen (secondary N) is 1. The van der Waals surface area contributed by atoms with E-state index in [0.717, 1.165) is 16.5 Å². The Morgan fingerprint density at radius 2 is 1.79 bits per heavy atom. The van der Waals surface area contributed by atoms with Crippen LogP contribution in [0.25, 0.3) is 16.5 Å². The lowest BCUT2D eigenvalue weighted by molar-refractivity contribution is 0.0990. The van der Waals surface area contributed by atoms with Gasteiger partial charge in [0.15, 0.2) is 0 Å². The van der Waals surface area contributed by atoms with E-state index >= 15 is 0 Å². The van der Waals surface area contributed by atoms with E-state index < -0.39 is 11.8 Å². The highest BCUT2D eigenvalue weighted by Gasteiger charge is 2.20. The van der Waals surface area contributed by atoms with E-state index in [1.807, 2.05) is 18.2 Å². The smallest absolute Gasteiger partial charge is 0.252 e. The number of hydrogen-bond acceptors (Lipinski definition) is 5. The van der Waals surface area contributed by atoms with E-state index in [0.29, 0.717) is 34.9 Å². The average molecular weight is 389 g/mol. The van der Waals surface area contributed by atoms with Crippen molar-refractivity contribution in [2.24, 2.45) is 11.5 Å². The van der Waals surface area contributed by atoms with E-state index in [2.05, 4.69) is 5.32 Å². The minimum atomic E-state index is -0.584. The van der Waals surface area contributed by atoms with Crippen LogP contribution in [-0.4, -0.2) is 25.5 Å². The van der Waals surface area contributed by atoms with Crippen molar-refractivity contribution in [3.63, 3.8) is 0 Å². The minimum absolute atomic E-state index is 0.272. The van der Waals surface area contributed by atoms with Crippen molar-refractivity contribution < 1.29 is 19.1 Å². The summed E-state index contributed by atoms with van der Waals surface area (Å²) >= 11 is 0. The molecule has 7 heteroatoms. The monoisotopic (exact) mass is 389 g/mol. The summed E-state index contributed by atoms with van der Waals surface area (Å²) in [4.78, 5) is 23.4. The van der Waals surface area contributed by atoms with Crippen LogP contribution in [0.2, 0.25) is 0 Å². The molecule has 4 rings (SSSR count). The van der Waals surface area contributed by atoms with Gasteiger partial charge >= 0.3 is 0 Å². The van der Waals surface area contributed by atoms with Gasteiger partial charge in [0.25, 0.3) is 5.91 Å². The fraction of sp³-hybridized carbons (Fsp3) is 0.0909. The number of benzene rings is 3. The maximum atomic E-state index is 11.8. The molecule has 29 heavy (non-hydrogen) atoms. The van der Waals surface area contributed by atoms with Crippen LogP contribution in [0, 0.1) is 0 Å². The molecule has 1 aliphatic rings. The lowest BCUT2D eigenvalue weighted by atomic mass is 10.0. The van der Waals surface area contributed by atoms with Crippen molar-refractivity contribution in [3.05, 3.63) is 71.3 Å². The first-order valence-electron chi connectivity index (χ1n) is 8.94. The predicted molar refractivity (Wildman–Crippen MR) is 111 cm³/mol. The molecule has 5 N–H and O–H groups in total. The first kappa shape index (κ1) is 18.4. The molecule has 0 spiro atoms. The Morgan fingerprint density at radius 1 is 1.00 bits per heavy atom. The quantitative estimate of drug-likeness (QED) is 0.620. The van der Waals surface area contributed by atoms with Crippen LogP contribution >= 0.6 is 0 Å². The number of amides is 2. The van der Waals surface area contributed by atoms with Crippen LogP contribution in [-0.2, 0) is 0 Å². The fourth-order valence-electron chi connectivity index (χ4n) is 3.42. The number of methoxy groups -OCH3 is 1. The lowest BCUT2D eigenvalue weighted by Crippen LogP contribution is -2.16. The van der Waals surface area contributed by atoms with Gasteiger partial charge in [-0.15, -0.1) is 0 Å². The molecule has 3 aromatic rings. The molecule has 0 bridgehead atoms. The largest absolute Gasteiger partial charge is 0.496 e. The van der Waals surface area contributed by atoms with Crippen LogP contribution in [0.1, 0.15) is 26.3 Å². The van der Waals surface area contributed by atoms with E-state index in [9.17, 15) is 9.59 Å². The van der Waals surface area contributed by atoms with Gasteiger partial charge in [-0.25, -0.2) is 0 Å². The second kappa shape index (κ2) is 7.20. The maximum absolute atomic E-state index is 11.8. The van der Waals surface area contributed by atoms with E-state index in [-0.39, 0.29) is 5.56 Å². The molecular formula is C22H19N3O4. The van der Waals surface area contributed by atoms with Crippen LogP contribution < -0.4 is 26.3 Å². The summed E-state index contributed by atoms with van der Waals surface area (Å²) < 4.78 is 11.4. The number of carbonyl (C=O) groups is 2. The Morgan fingerprint density at radius 3 is 2.52 bits per heavy atom. The fourth-order valence-corrected chi connectivity index (χ4v) is 3.42. The zero-order valence-corrected chi connectivity index (χ0v) is 15.7. The first-order valence-corrected chi connectivity index (χ1v) is 8.94. The molecule has 1 aliphatic heterocycles. The van der Waals surface area contributed by atoms with Gasteiger partial charge in [-0.1, -0.05) is 12.1 Å².